The van der Waals surface area contributed by atoms with Crippen LogP contribution in [0.15, 0.2) is 66.9 Å². The van der Waals surface area contributed by atoms with Crippen LogP contribution in [0.1, 0.15) is 16.8 Å². The van der Waals surface area contributed by atoms with Gasteiger partial charge < -0.3 is 14.8 Å². The van der Waals surface area contributed by atoms with E-state index in [9.17, 15) is 4.39 Å². The van der Waals surface area contributed by atoms with E-state index in [0.717, 1.165) is 35.7 Å². The molecule has 0 radical (unpaired) electrons. The fraction of sp³-hybridized carbons (Fsp3) is 0.190. The Balaban J connectivity index is 1.67. The van der Waals surface area contributed by atoms with Crippen LogP contribution in [0.25, 0.3) is 0 Å². The van der Waals surface area contributed by atoms with Crippen molar-refractivity contribution in [1.29, 1.82) is 0 Å². The summed E-state index contributed by atoms with van der Waals surface area (Å²) in [6, 6.07) is 18.1. The summed E-state index contributed by atoms with van der Waals surface area (Å²) >= 11 is 0. The highest BCUT2D eigenvalue weighted by atomic mass is 19.1. The SMILES string of the molecule is COc1cccc(C[NH2+]Cc2ccccn2)c1OCc1ccc(F)cc1. The Hall–Kier alpha value is -2.92. The average Bonchev–Trinajstić information content (AvgIpc) is 2.69. The lowest BCUT2D eigenvalue weighted by Gasteiger charge is -2.14. The van der Waals surface area contributed by atoms with E-state index < -0.39 is 0 Å². The fourth-order valence-electron chi connectivity index (χ4n) is 2.68. The predicted octanol–water partition coefficient (Wildman–Crippen LogP) is 3.07. The van der Waals surface area contributed by atoms with Crippen molar-refractivity contribution in [3.63, 3.8) is 0 Å². The van der Waals surface area contributed by atoms with E-state index in [0.29, 0.717) is 12.4 Å². The summed E-state index contributed by atoms with van der Waals surface area (Å²) in [5.74, 6) is 1.16. The van der Waals surface area contributed by atoms with Crippen LogP contribution in [0.5, 0.6) is 11.5 Å². The summed E-state index contributed by atoms with van der Waals surface area (Å²) in [5.41, 5.74) is 2.98. The number of para-hydroxylation sites is 1. The van der Waals surface area contributed by atoms with Crippen molar-refractivity contribution in [2.75, 3.05) is 7.11 Å². The molecule has 0 amide bonds. The number of halogens is 1. The average molecular weight is 353 g/mol. The number of hydrogen-bond acceptors (Lipinski definition) is 3. The molecular weight excluding hydrogens is 331 g/mol. The van der Waals surface area contributed by atoms with Crippen molar-refractivity contribution in [3.05, 3.63) is 89.5 Å². The summed E-state index contributed by atoms with van der Waals surface area (Å²) in [5, 5.41) is 2.17. The van der Waals surface area contributed by atoms with Gasteiger partial charge in [-0.1, -0.05) is 24.3 Å². The topological polar surface area (TPSA) is 48.0 Å². The summed E-state index contributed by atoms with van der Waals surface area (Å²) < 4.78 is 24.5. The van der Waals surface area contributed by atoms with Gasteiger partial charge in [0.05, 0.1) is 18.4 Å². The number of nitrogens with zero attached hydrogens (tertiary/aromatic N) is 1. The number of benzene rings is 2. The van der Waals surface area contributed by atoms with E-state index in [1.54, 1.807) is 25.4 Å². The van der Waals surface area contributed by atoms with Crippen LogP contribution in [0.3, 0.4) is 0 Å². The van der Waals surface area contributed by atoms with Gasteiger partial charge in [0.1, 0.15) is 25.5 Å². The lowest BCUT2D eigenvalue weighted by molar-refractivity contribution is -0.686. The molecule has 4 nitrogen and oxygen atoms in total. The molecule has 2 N–H and O–H groups in total. The van der Waals surface area contributed by atoms with Gasteiger partial charge in [0, 0.05) is 6.20 Å². The van der Waals surface area contributed by atoms with Gasteiger partial charge in [-0.2, -0.15) is 0 Å². The van der Waals surface area contributed by atoms with Crippen LogP contribution in [-0.4, -0.2) is 12.1 Å². The first-order valence-corrected chi connectivity index (χ1v) is 8.51. The van der Waals surface area contributed by atoms with Gasteiger partial charge in [-0.05, 0) is 42.0 Å². The molecule has 0 fully saturated rings. The molecule has 0 atom stereocenters. The second-order valence-electron chi connectivity index (χ2n) is 5.88. The van der Waals surface area contributed by atoms with Crippen molar-refractivity contribution in [1.82, 2.24) is 4.98 Å². The predicted molar refractivity (Wildman–Crippen MR) is 97.3 cm³/mol. The Morgan fingerprint density at radius 1 is 0.962 bits per heavy atom. The van der Waals surface area contributed by atoms with E-state index in [2.05, 4.69) is 10.3 Å². The smallest absolute Gasteiger partial charge is 0.170 e. The van der Waals surface area contributed by atoms with Crippen molar-refractivity contribution < 1.29 is 19.2 Å². The number of rotatable bonds is 8. The molecule has 0 unspecified atom stereocenters. The molecule has 3 aromatic rings. The van der Waals surface area contributed by atoms with E-state index >= 15 is 0 Å². The molecule has 1 aromatic heterocycles. The summed E-state index contributed by atoms with van der Waals surface area (Å²) in [4.78, 5) is 4.33. The Kier molecular flexibility index (Phi) is 6.17. The first-order chi connectivity index (χ1) is 12.8. The first-order valence-electron chi connectivity index (χ1n) is 8.51. The molecule has 5 heteroatoms. The minimum atomic E-state index is -0.254. The van der Waals surface area contributed by atoms with Gasteiger partial charge in [-0.15, -0.1) is 0 Å². The maximum atomic E-state index is 13.0. The molecule has 0 saturated heterocycles. The molecule has 134 valence electrons. The molecular formula is C21H22FN2O2+. The van der Waals surface area contributed by atoms with Crippen molar-refractivity contribution in [3.8, 4) is 11.5 Å². The number of hydrogen-bond donors (Lipinski definition) is 1. The minimum absolute atomic E-state index is 0.254. The molecule has 1 heterocycles. The quantitative estimate of drug-likeness (QED) is 0.677. The fourth-order valence-corrected chi connectivity index (χ4v) is 2.68. The molecule has 0 aliphatic carbocycles. The third kappa shape index (κ3) is 4.80. The van der Waals surface area contributed by atoms with E-state index in [1.807, 2.05) is 36.4 Å². The Morgan fingerprint density at radius 2 is 1.81 bits per heavy atom. The zero-order chi connectivity index (χ0) is 18.2. The van der Waals surface area contributed by atoms with Crippen LogP contribution in [0, 0.1) is 5.82 Å². The summed E-state index contributed by atoms with van der Waals surface area (Å²) in [6.07, 6.45) is 1.80. The van der Waals surface area contributed by atoms with E-state index in [1.165, 1.54) is 12.1 Å². The van der Waals surface area contributed by atoms with Crippen molar-refractivity contribution in [2.24, 2.45) is 0 Å². The van der Waals surface area contributed by atoms with Crippen LogP contribution < -0.4 is 14.8 Å². The van der Waals surface area contributed by atoms with Crippen LogP contribution >= 0.6 is 0 Å². The molecule has 3 rings (SSSR count). The maximum Gasteiger partial charge on any atom is 0.170 e. The number of ether oxygens (including phenoxy) is 2. The third-order valence-electron chi connectivity index (χ3n) is 4.02. The minimum Gasteiger partial charge on any atom is -0.493 e. The van der Waals surface area contributed by atoms with Gasteiger partial charge in [-0.25, -0.2) is 4.39 Å². The van der Waals surface area contributed by atoms with Crippen LogP contribution in [0.2, 0.25) is 0 Å². The highest BCUT2D eigenvalue weighted by Gasteiger charge is 2.12. The Labute approximate surface area is 152 Å². The molecule has 0 aliphatic heterocycles. The number of aromatic nitrogens is 1. The highest BCUT2D eigenvalue weighted by molar-refractivity contribution is 5.46. The van der Waals surface area contributed by atoms with E-state index in [-0.39, 0.29) is 5.82 Å². The monoisotopic (exact) mass is 353 g/mol. The Bertz CT molecular complexity index is 823. The number of methoxy groups -OCH3 is 1. The lowest BCUT2D eigenvalue weighted by Crippen LogP contribution is -2.80. The zero-order valence-corrected chi connectivity index (χ0v) is 14.7. The van der Waals surface area contributed by atoms with Gasteiger partial charge in [-0.3, -0.25) is 4.98 Å². The van der Waals surface area contributed by atoms with Crippen molar-refractivity contribution in [2.45, 2.75) is 19.7 Å². The highest BCUT2D eigenvalue weighted by Crippen LogP contribution is 2.31. The molecule has 0 bridgehead atoms. The maximum absolute atomic E-state index is 13.0. The van der Waals surface area contributed by atoms with Crippen LogP contribution in [0.4, 0.5) is 4.39 Å². The molecule has 0 aliphatic rings. The standard InChI is InChI=1S/C21H21FN2O2/c1-25-20-7-4-5-17(13-23-14-19-6-2-3-12-24-19)21(20)26-15-16-8-10-18(22)11-9-16/h2-12,23H,13-15H2,1H3/p+1. The molecule has 26 heavy (non-hydrogen) atoms. The zero-order valence-electron chi connectivity index (χ0n) is 14.7. The van der Waals surface area contributed by atoms with Gasteiger partial charge >= 0.3 is 0 Å². The normalized spacial score (nSPS) is 10.5. The first kappa shape index (κ1) is 17.9. The molecule has 0 saturated carbocycles. The number of quaternary nitrogens is 1. The largest absolute Gasteiger partial charge is 0.493 e. The van der Waals surface area contributed by atoms with E-state index in [4.69, 9.17) is 9.47 Å². The van der Waals surface area contributed by atoms with Gasteiger partial charge in [0.25, 0.3) is 0 Å². The summed E-state index contributed by atoms with van der Waals surface area (Å²) in [6.45, 7) is 1.88. The second kappa shape index (κ2) is 8.97. The Morgan fingerprint density at radius 3 is 2.54 bits per heavy atom. The van der Waals surface area contributed by atoms with Gasteiger partial charge in [0.2, 0.25) is 0 Å². The molecule has 2 aromatic carbocycles. The van der Waals surface area contributed by atoms with Gasteiger partial charge in [0.15, 0.2) is 11.5 Å². The number of nitrogens with two attached hydrogens (primary N) is 1. The van der Waals surface area contributed by atoms with Crippen LogP contribution in [-0.2, 0) is 19.7 Å². The third-order valence-corrected chi connectivity index (χ3v) is 4.02. The lowest BCUT2D eigenvalue weighted by atomic mass is 10.1. The summed E-state index contributed by atoms with van der Waals surface area (Å²) in [7, 11) is 1.63. The number of pyridine rings is 1. The second-order valence-corrected chi connectivity index (χ2v) is 5.88. The molecule has 0 spiro atoms. The van der Waals surface area contributed by atoms with Crippen molar-refractivity contribution >= 4 is 0 Å².